The van der Waals surface area contributed by atoms with Gasteiger partial charge in [-0.25, -0.2) is 0 Å². The molecule has 0 aliphatic rings. The predicted molar refractivity (Wildman–Crippen MR) is 71.8 cm³/mol. The van der Waals surface area contributed by atoms with Gasteiger partial charge in [-0.05, 0) is 25.1 Å². The highest BCUT2D eigenvalue weighted by molar-refractivity contribution is 9.10. The summed E-state index contributed by atoms with van der Waals surface area (Å²) in [6, 6.07) is 5.66. The maximum atomic E-state index is 11.6. The van der Waals surface area contributed by atoms with Crippen molar-refractivity contribution in [3.05, 3.63) is 28.2 Å². The molecule has 1 amide bonds. The molecule has 0 fully saturated rings. The molecule has 0 spiro atoms. The van der Waals surface area contributed by atoms with Crippen LogP contribution in [-0.4, -0.2) is 19.6 Å². The topological polar surface area (TPSA) is 64.3 Å². The molecular formula is C12H17BrN2O2. The lowest BCUT2D eigenvalue weighted by Crippen LogP contribution is -2.14. The molecule has 1 aromatic rings. The largest absolute Gasteiger partial charge is 0.380 e. The molecule has 0 aliphatic heterocycles. The fourth-order valence-corrected chi connectivity index (χ4v) is 1.92. The van der Waals surface area contributed by atoms with E-state index < -0.39 is 0 Å². The van der Waals surface area contributed by atoms with Crippen LogP contribution in [0, 0.1) is 0 Å². The van der Waals surface area contributed by atoms with Crippen LogP contribution in [0.2, 0.25) is 0 Å². The highest BCUT2D eigenvalue weighted by Gasteiger charge is 2.09. The Labute approximate surface area is 110 Å². The summed E-state index contributed by atoms with van der Waals surface area (Å²) in [5.41, 5.74) is 7.09. The summed E-state index contributed by atoms with van der Waals surface area (Å²) in [7, 11) is 1.62. The summed E-state index contributed by atoms with van der Waals surface area (Å²) in [6.45, 7) is 0.977. The molecule has 5 heteroatoms. The van der Waals surface area contributed by atoms with E-state index >= 15 is 0 Å². The Hall–Kier alpha value is -0.910. The average Bonchev–Trinajstić information content (AvgIpc) is 2.31. The number of halogens is 1. The van der Waals surface area contributed by atoms with Crippen molar-refractivity contribution in [1.82, 2.24) is 0 Å². The van der Waals surface area contributed by atoms with E-state index in [-0.39, 0.29) is 5.91 Å². The zero-order valence-electron chi connectivity index (χ0n) is 9.83. The van der Waals surface area contributed by atoms with Gasteiger partial charge in [-0.15, -0.1) is 0 Å². The van der Waals surface area contributed by atoms with Gasteiger partial charge in [0.15, 0.2) is 0 Å². The second-order valence-electron chi connectivity index (χ2n) is 3.64. The fraction of sp³-hybridized carbons (Fsp3) is 0.417. The number of carbonyl (C=O) groups is 1. The first-order valence-electron chi connectivity index (χ1n) is 5.45. The third kappa shape index (κ3) is 4.46. The van der Waals surface area contributed by atoms with Crippen molar-refractivity contribution in [2.45, 2.75) is 19.4 Å². The Kier molecular flexibility index (Phi) is 6.18. The van der Waals surface area contributed by atoms with Crippen LogP contribution in [0.1, 0.15) is 18.4 Å². The summed E-state index contributed by atoms with van der Waals surface area (Å²) in [4.78, 5) is 11.6. The maximum Gasteiger partial charge on any atom is 0.224 e. The number of amides is 1. The van der Waals surface area contributed by atoms with Gasteiger partial charge in [0.1, 0.15) is 0 Å². The number of nitrogens with two attached hydrogens (primary N) is 1. The number of methoxy groups -OCH3 is 1. The Balaban J connectivity index is 2.75. The van der Waals surface area contributed by atoms with E-state index in [2.05, 4.69) is 21.2 Å². The molecular weight excluding hydrogens is 284 g/mol. The monoisotopic (exact) mass is 300 g/mol. The second kappa shape index (κ2) is 7.42. The molecule has 0 aliphatic carbocycles. The van der Waals surface area contributed by atoms with E-state index in [9.17, 15) is 4.79 Å². The van der Waals surface area contributed by atoms with Gasteiger partial charge < -0.3 is 15.8 Å². The van der Waals surface area contributed by atoms with Gasteiger partial charge in [0, 0.05) is 29.3 Å². The standard InChI is InChI=1S/C12H17BrN2O2/c1-17-8-9-10(13)4-2-5-11(9)15-12(16)6-3-7-14/h2,4-5H,3,6-8,14H2,1H3,(H,15,16). The van der Waals surface area contributed by atoms with Gasteiger partial charge in [-0.3, -0.25) is 4.79 Å². The van der Waals surface area contributed by atoms with E-state index in [1.54, 1.807) is 7.11 Å². The van der Waals surface area contributed by atoms with Crippen LogP contribution < -0.4 is 11.1 Å². The third-order valence-electron chi connectivity index (χ3n) is 2.29. The number of nitrogens with one attached hydrogen (secondary N) is 1. The first kappa shape index (κ1) is 14.2. The predicted octanol–water partition coefficient (Wildman–Crippen LogP) is 2.27. The van der Waals surface area contributed by atoms with Gasteiger partial charge in [-0.2, -0.15) is 0 Å². The van der Waals surface area contributed by atoms with Crippen molar-refractivity contribution in [1.29, 1.82) is 0 Å². The Bertz CT molecular complexity index is 383. The normalized spacial score (nSPS) is 10.3. The van der Waals surface area contributed by atoms with Crippen LogP contribution in [-0.2, 0) is 16.1 Å². The highest BCUT2D eigenvalue weighted by Crippen LogP contribution is 2.25. The SMILES string of the molecule is COCc1c(Br)cccc1NC(=O)CCCN. The summed E-state index contributed by atoms with van der Waals surface area (Å²) in [5.74, 6) is -0.0223. The van der Waals surface area contributed by atoms with Crippen molar-refractivity contribution < 1.29 is 9.53 Å². The van der Waals surface area contributed by atoms with Crippen LogP contribution in [0.15, 0.2) is 22.7 Å². The van der Waals surface area contributed by atoms with Gasteiger partial charge in [0.05, 0.1) is 6.61 Å². The number of anilines is 1. The molecule has 0 saturated carbocycles. The fourth-order valence-electron chi connectivity index (χ4n) is 1.44. The van der Waals surface area contributed by atoms with Crippen molar-refractivity contribution in [3.63, 3.8) is 0 Å². The van der Waals surface area contributed by atoms with Crippen molar-refractivity contribution >= 4 is 27.5 Å². The lowest BCUT2D eigenvalue weighted by atomic mass is 10.2. The van der Waals surface area contributed by atoms with Crippen molar-refractivity contribution in [3.8, 4) is 0 Å². The van der Waals surface area contributed by atoms with Crippen molar-refractivity contribution in [2.24, 2.45) is 5.73 Å². The molecule has 0 saturated heterocycles. The van der Waals surface area contributed by atoms with Crippen LogP contribution >= 0.6 is 15.9 Å². The Morgan fingerprint density at radius 1 is 1.53 bits per heavy atom. The zero-order valence-corrected chi connectivity index (χ0v) is 11.4. The molecule has 0 atom stereocenters. The van der Waals surface area contributed by atoms with Crippen LogP contribution in [0.25, 0.3) is 0 Å². The highest BCUT2D eigenvalue weighted by atomic mass is 79.9. The number of carbonyl (C=O) groups excluding carboxylic acids is 1. The summed E-state index contributed by atoms with van der Waals surface area (Å²) >= 11 is 3.44. The molecule has 4 nitrogen and oxygen atoms in total. The lowest BCUT2D eigenvalue weighted by molar-refractivity contribution is -0.116. The van der Waals surface area contributed by atoms with Crippen LogP contribution in [0.3, 0.4) is 0 Å². The molecule has 17 heavy (non-hydrogen) atoms. The summed E-state index contributed by atoms with van der Waals surface area (Å²) < 4.78 is 6.04. The minimum atomic E-state index is -0.0223. The second-order valence-corrected chi connectivity index (χ2v) is 4.49. The minimum absolute atomic E-state index is 0.0223. The Morgan fingerprint density at radius 2 is 2.29 bits per heavy atom. The smallest absolute Gasteiger partial charge is 0.224 e. The first-order chi connectivity index (χ1) is 8.19. The van der Waals surface area contributed by atoms with Gasteiger partial charge in [0.25, 0.3) is 0 Å². The number of hydrogen-bond donors (Lipinski definition) is 2. The number of hydrogen-bond acceptors (Lipinski definition) is 3. The zero-order chi connectivity index (χ0) is 12.7. The molecule has 0 bridgehead atoms. The van der Waals surface area contributed by atoms with Gasteiger partial charge in [0.2, 0.25) is 5.91 Å². The number of rotatable bonds is 6. The third-order valence-corrected chi connectivity index (χ3v) is 3.03. The number of benzene rings is 1. The van der Waals surface area contributed by atoms with Gasteiger partial charge >= 0.3 is 0 Å². The number of ether oxygens (including phenoxy) is 1. The molecule has 94 valence electrons. The average molecular weight is 301 g/mol. The molecule has 1 rings (SSSR count). The summed E-state index contributed by atoms with van der Waals surface area (Å²) in [5, 5.41) is 2.87. The quantitative estimate of drug-likeness (QED) is 0.847. The van der Waals surface area contributed by atoms with E-state index in [0.29, 0.717) is 26.0 Å². The molecule has 0 unspecified atom stereocenters. The molecule has 0 radical (unpaired) electrons. The summed E-state index contributed by atoms with van der Waals surface area (Å²) in [6.07, 6.45) is 1.13. The maximum absolute atomic E-state index is 11.6. The van der Waals surface area contributed by atoms with Gasteiger partial charge in [-0.1, -0.05) is 22.0 Å². The van der Waals surface area contributed by atoms with Crippen LogP contribution in [0.4, 0.5) is 5.69 Å². The first-order valence-corrected chi connectivity index (χ1v) is 6.24. The van der Waals surface area contributed by atoms with E-state index in [0.717, 1.165) is 15.7 Å². The molecule has 0 heterocycles. The molecule has 3 N–H and O–H groups in total. The molecule has 1 aromatic carbocycles. The van der Waals surface area contributed by atoms with Crippen molar-refractivity contribution in [2.75, 3.05) is 19.0 Å². The van der Waals surface area contributed by atoms with E-state index in [1.165, 1.54) is 0 Å². The molecule has 0 aromatic heterocycles. The lowest BCUT2D eigenvalue weighted by Gasteiger charge is -2.12. The van der Waals surface area contributed by atoms with E-state index in [1.807, 2.05) is 18.2 Å². The minimum Gasteiger partial charge on any atom is -0.380 e. The van der Waals surface area contributed by atoms with Crippen LogP contribution in [0.5, 0.6) is 0 Å². The van der Waals surface area contributed by atoms with E-state index in [4.69, 9.17) is 10.5 Å². The Morgan fingerprint density at radius 3 is 2.94 bits per heavy atom.